The number of H-pyrrole nitrogens is 1. The van der Waals surface area contributed by atoms with Crippen LogP contribution in [0.5, 0.6) is 0 Å². The van der Waals surface area contributed by atoms with Crippen LogP contribution in [0.4, 0.5) is 0 Å². The van der Waals surface area contributed by atoms with Crippen LogP contribution in [0.1, 0.15) is 38.7 Å². The summed E-state index contributed by atoms with van der Waals surface area (Å²) in [7, 11) is 0. The van der Waals surface area contributed by atoms with Crippen LogP contribution in [0.15, 0.2) is 53.5 Å². The second kappa shape index (κ2) is 9.89. The molecule has 0 bridgehead atoms. The Morgan fingerprint density at radius 3 is 2.63 bits per heavy atom. The predicted molar refractivity (Wildman–Crippen MR) is 124 cm³/mol. The zero-order valence-electron chi connectivity index (χ0n) is 17.6. The third-order valence-corrected chi connectivity index (χ3v) is 6.36. The number of amidine groups is 1. The molecule has 3 aromatic rings. The summed E-state index contributed by atoms with van der Waals surface area (Å²) in [6.45, 7) is 7.40. The van der Waals surface area contributed by atoms with Gasteiger partial charge < -0.3 is 4.90 Å². The number of benzene rings is 2. The average Bonchev–Trinajstić information content (AvgIpc) is 3.42. The van der Waals surface area contributed by atoms with Gasteiger partial charge in [-0.25, -0.2) is 0 Å². The highest BCUT2D eigenvalue weighted by atomic mass is 32.2. The molecule has 7 heteroatoms. The van der Waals surface area contributed by atoms with Gasteiger partial charge in [-0.05, 0) is 28.3 Å². The number of nitrogens with one attached hydrogen (secondary N) is 1. The lowest BCUT2D eigenvalue weighted by Gasteiger charge is -2.18. The van der Waals surface area contributed by atoms with Crippen molar-refractivity contribution in [3.8, 4) is 22.5 Å². The standard InChI is InChI=1S/C23H28N6S/c1-3-4-7-14-24-23-29(15-17(2)30-23)16-18-10-12-19(13-11-18)20-8-5-6-9-21(20)22-25-27-28-26-22/h5-6,8-13,17H,3-4,7,14-16H2,1-2H3,(H,25,26,27,28). The molecular weight excluding hydrogens is 392 g/mol. The number of tetrazole rings is 1. The quantitative estimate of drug-likeness (QED) is 0.518. The molecule has 0 saturated carbocycles. The number of hydrogen-bond acceptors (Lipinski definition) is 5. The number of thioether (sulfide) groups is 1. The second-order valence-corrected chi connectivity index (χ2v) is 9.06. The van der Waals surface area contributed by atoms with Gasteiger partial charge >= 0.3 is 0 Å². The van der Waals surface area contributed by atoms with E-state index in [1.807, 2.05) is 30.0 Å². The minimum absolute atomic E-state index is 0.594. The molecule has 0 aliphatic carbocycles. The maximum atomic E-state index is 4.88. The Morgan fingerprint density at radius 2 is 1.90 bits per heavy atom. The van der Waals surface area contributed by atoms with E-state index in [-0.39, 0.29) is 0 Å². The highest BCUT2D eigenvalue weighted by Gasteiger charge is 2.25. The first kappa shape index (κ1) is 20.6. The largest absolute Gasteiger partial charge is 0.346 e. The number of hydrogen-bond donors (Lipinski definition) is 1. The van der Waals surface area contributed by atoms with Crippen LogP contribution in [0.25, 0.3) is 22.5 Å². The number of aromatic amines is 1. The normalized spacial score (nSPS) is 17.7. The van der Waals surface area contributed by atoms with Crippen molar-refractivity contribution in [2.75, 3.05) is 13.1 Å². The molecule has 1 unspecified atom stereocenters. The molecule has 156 valence electrons. The maximum Gasteiger partial charge on any atom is 0.205 e. The monoisotopic (exact) mass is 420 g/mol. The minimum Gasteiger partial charge on any atom is -0.346 e. The van der Waals surface area contributed by atoms with Crippen LogP contribution < -0.4 is 0 Å². The van der Waals surface area contributed by atoms with E-state index in [4.69, 9.17) is 4.99 Å². The lowest BCUT2D eigenvalue weighted by molar-refractivity contribution is 0.435. The van der Waals surface area contributed by atoms with E-state index >= 15 is 0 Å². The summed E-state index contributed by atoms with van der Waals surface area (Å²) < 4.78 is 0. The Kier molecular flexibility index (Phi) is 6.79. The highest BCUT2D eigenvalue weighted by Crippen LogP contribution is 2.31. The topological polar surface area (TPSA) is 70.1 Å². The van der Waals surface area contributed by atoms with Gasteiger partial charge in [-0.3, -0.25) is 4.99 Å². The molecule has 1 atom stereocenters. The van der Waals surface area contributed by atoms with Crippen molar-refractivity contribution >= 4 is 16.9 Å². The Bertz CT molecular complexity index is 968. The highest BCUT2D eigenvalue weighted by molar-refractivity contribution is 8.14. The third kappa shape index (κ3) is 4.90. The molecule has 1 aliphatic heterocycles. The van der Waals surface area contributed by atoms with Crippen LogP contribution in [0.3, 0.4) is 0 Å². The molecule has 1 N–H and O–H groups in total. The number of rotatable bonds is 8. The summed E-state index contributed by atoms with van der Waals surface area (Å²) in [5.74, 6) is 0.613. The van der Waals surface area contributed by atoms with Crippen LogP contribution in [-0.4, -0.2) is 49.0 Å². The molecule has 2 heterocycles. The van der Waals surface area contributed by atoms with Crippen LogP contribution in [-0.2, 0) is 6.54 Å². The van der Waals surface area contributed by atoms with E-state index in [0.29, 0.717) is 11.1 Å². The van der Waals surface area contributed by atoms with Crippen molar-refractivity contribution in [2.24, 2.45) is 4.99 Å². The average molecular weight is 421 g/mol. The lowest BCUT2D eigenvalue weighted by Crippen LogP contribution is -2.25. The van der Waals surface area contributed by atoms with E-state index in [2.05, 4.69) is 69.7 Å². The van der Waals surface area contributed by atoms with E-state index in [9.17, 15) is 0 Å². The van der Waals surface area contributed by atoms with Gasteiger partial charge in [0.05, 0.1) is 0 Å². The van der Waals surface area contributed by atoms with Crippen LogP contribution >= 0.6 is 11.8 Å². The van der Waals surface area contributed by atoms with Gasteiger partial charge in [-0.2, -0.15) is 5.21 Å². The van der Waals surface area contributed by atoms with Gasteiger partial charge in [0, 0.05) is 30.4 Å². The van der Waals surface area contributed by atoms with Crippen molar-refractivity contribution in [2.45, 2.75) is 44.9 Å². The molecule has 0 amide bonds. The molecule has 0 radical (unpaired) electrons. The number of aliphatic imine (C=N–C) groups is 1. The summed E-state index contributed by atoms with van der Waals surface area (Å²) in [6, 6.07) is 16.9. The fourth-order valence-electron chi connectivity index (χ4n) is 3.70. The smallest absolute Gasteiger partial charge is 0.205 e. The first-order valence-corrected chi connectivity index (χ1v) is 11.5. The van der Waals surface area contributed by atoms with E-state index in [0.717, 1.165) is 36.3 Å². The van der Waals surface area contributed by atoms with Crippen molar-refractivity contribution in [3.63, 3.8) is 0 Å². The zero-order chi connectivity index (χ0) is 20.8. The van der Waals surface area contributed by atoms with Gasteiger partial charge in [-0.15, -0.1) is 10.2 Å². The Labute approximate surface area is 182 Å². The second-order valence-electron chi connectivity index (χ2n) is 7.66. The summed E-state index contributed by atoms with van der Waals surface area (Å²) in [6.07, 6.45) is 3.67. The molecule has 4 rings (SSSR count). The van der Waals surface area contributed by atoms with Gasteiger partial charge in [-0.1, -0.05) is 87.0 Å². The molecule has 1 saturated heterocycles. The molecule has 1 fully saturated rings. The van der Waals surface area contributed by atoms with Gasteiger partial charge in [0.2, 0.25) is 5.82 Å². The van der Waals surface area contributed by atoms with Crippen molar-refractivity contribution < 1.29 is 0 Å². The van der Waals surface area contributed by atoms with Gasteiger partial charge in [0.15, 0.2) is 5.17 Å². The Morgan fingerprint density at radius 1 is 1.10 bits per heavy atom. The first-order valence-electron chi connectivity index (χ1n) is 10.6. The fourth-order valence-corrected chi connectivity index (χ4v) is 4.77. The molecule has 1 aromatic heterocycles. The van der Waals surface area contributed by atoms with Gasteiger partial charge in [0.1, 0.15) is 0 Å². The van der Waals surface area contributed by atoms with Crippen LogP contribution in [0, 0.1) is 0 Å². The predicted octanol–water partition coefficient (Wildman–Crippen LogP) is 5.02. The number of aromatic nitrogens is 4. The fraction of sp³-hybridized carbons (Fsp3) is 0.391. The zero-order valence-corrected chi connectivity index (χ0v) is 18.4. The van der Waals surface area contributed by atoms with Gasteiger partial charge in [0.25, 0.3) is 0 Å². The van der Waals surface area contributed by atoms with E-state index in [1.165, 1.54) is 30.0 Å². The first-order chi connectivity index (χ1) is 14.7. The molecule has 30 heavy (non-hydrogen) atoms. The Balaban J connectivity index is 1.48. The number of nitrogens with zero attached hydrogens (tertiary/aromatic N) is 5. The Hall–Kier alpha value is -2.67. The minimum atomic E-state index is 0.594. The molecule has 6 nitrogen and oxygen atoms in total. The molecule has 2 aromatic carbocycles. The van der Waals surface area contributed by atoms with Crippen molar-refractivity contribution in [1.82, 2.24) is 25.5 Å². The molecule has 1 aliphatic rings. The summed E-state index contributed by atoms with van der Waals surface area (Å²) in [5, 5.41) is 16.3. The summed E-state index contributed by atoms with van der Waals surface area (Å²) in [5.41, 5.74) is 4.53. The van der Waals surface area contributed by atoms with Crippen molar-refractivity contribution in [3.05, 3.63) is 54.1 Å². The number of unbranched alkanes of at least 4 members (excludes halogenated alkanes) is 2. The van der Waals surface area contributed by atoms with E-state index < -0.39 is 0 Å². The SMILES string of the molecule is CCCCCN=C1SC(C)CN1Cc1ccc(-c2ccccc2-c2nn[nH]n2)cc1. The van der Waals surface area contributed by atoms with E-state index in [1.54, 1.807) is 0 Å². The molecular formula is C23H28N6S. The third-order valence-electron chi connectivity index (χ3n) is 5.22. The van der Waals surface area contributed by atoms with Crippen molar-refractivity contribution in [1.29, 1.82) is 0 Å². The summed E-state index contributed by atoms with van der Waals surface area (Å²) in [4.78, 5) is 7.30. The summed E-state index contributed by atoms with van der Waals surface area (Å²) >= 11 is 1.90. The molecule has 0 spiro atoms. The lowest BCUT2D eigenvalue weighted by atomic mass is 9.98. The van der Waals surface area contributed by atoms with Crippen LogP contribution in [0.2, 0.25) is 0 Å². The maximum absolute atomic E-state index is 4.88.